The van der Waals surface area contributed by atoms with Crippen molar-refractivity contribution in [2.45, 2.75) is 12.8 Å². The van der Waals surface area contributed by atoms with Gasteiger partial charge >= 0.3 is 0 Å². The highest BCUT2D eigenvalue weighted by Gasteiger charge is 2.19. The van der Waals surface area contributed by atoms with Gasteiger partial charge in [0.25, 0.3) is 5.91 Å². The number of likely N-dealkylation sites (tertiary alicyclic amines) is 1. The molecule has 3 heterocycles. The van der Waals surface area contributed by atoms with E-state index in [1.165, 1.54) is 0 Å². The highest BCUT2D eigenvalue weighted by molar-refractivity contribution is 5.96. The minimum Gasteiger partial charge on any atom is -0.496 e. The molecule has 4 aromatic rings. The highest BCUT2D eigenvalue weighted by atomic mass is 16.5. The fourth-order valence-electron chi connectivity index (χ4n) is 4.01. The van der Waals surface area contributed by atoms with Crippen LogP contribution >= 0.6 is 0 Å². The Morgan fingerprint density at radius 2 is 1.80 bits per heavy atom. The van der Waals surface area contributed by atoms with E-state index in [9.17, 15) is 4.79 Å². The van der Waals surface area contributed by atoms with E-state index in [-0.39, 0.29) is 5.91 Å². The number of methoxy groups -OCH3 is 1. The Labute approximate surface area is 174 Å². The molecule has 6 heteroatoms. The molecule has 2 aromatic carbocycles. The molecule has 0 aliphatic carbocycles. The summed E-state index contributed by atoms with van der Waals surface area (Å²) in [5.41, 5.74) is 5.15. The third-order valence-electron chi connectivity index (χ3n) is 5.64. The van der Waals surface area contributed by atoms with Gasteiger partial charge in [0, 0.05) is 41.4 Å². The average molecular weight is 398 g/mol. The summed E-state index contributed by atoms with van der Waals surface area (Å²) in [6, 6.07) is 17.6. The number of rotatable bonds is 4. The van der Waals surface area contributed by atoms with Crippen molar-refractivity contribution in [3.8, 4) is 28.1 Å². The predicted octanol–water partition coefficient (Wildman–Crippen LogP) is 4.54. The van der Waals surface area contributed by atoms with Crippen LogP contribution in [-0.2, 0) is 0 Å². The summed E-state index contributed by atoms with van der Waals surface area (Å²) in [6.07, 6.45) is 4.01. The molecular formula is C24H22N4O2. The molecule has 2 aromatic heterocycles. The largest absolute Gasteiger partial charge is 0.496 e. The molecule has 0 unspecified atom stereocenters. The molecular weight excluding hydrogens is 376 g/mol. The fourth-order valence-corrected chi connectivity index (χ4v) is 4.01. The molecule has 30 heavy (non-hydrogen) atoms. The van der Waals surface area contributed by atoms with E-state index in [0.29, 0.717) is 0 Å². The van der Waals surface area contributed by atoms with E-state index in [4.69, 9.17) is 4.74 Å². The lowest BCUT2D eigenvalue weighted by atomic mass is 10.0. The van der Waals surface area contributed by atoms with Crippen molar-refractivity contribution in [1.29, 1.82) is 0 Å². The maximum atomic E-state index is 12.6. The van der Waals surface area contributed by atoms with Crippen molar-refractivity contribution >= 4 is 16.9 Å². The van der Waals surface area contributed by atoms with Gasteiger partial charge in [0.1, 0.15) is 11.4 Å². The quantitative estimate of drug-likeness (QED) is 0.548. The summed E-state index contributed by atoms with van der Waals surface area (Å²) in [6.45, 7) is 1.71. The van der Waals surface area contributed by atoms with Gasteiger partial charge in [0.05, 0.1) is 7.11 Å². The molecule has 5 rings (SSSR count). The van der Waals surface area contributed by atoms with Gasteiger partial charge in [-0.2, -0.15) is 5.10 Å². The zero-order chi connectivity index (χ0) is 20.5. The van der Waals surface area contributed by atoms with Crippen LogP contribution in [0.5, 0.6) is 5.75 Å². The number of pyridine rings is 1. The minimum absolute atomic E-state index is 0.112. The number of aromatic amines is 1. The molecule has 0 bridgehead atoms. The van der Waals surface area contributed by atoms with Crippen molar-refractivity contribution in [2.24, 2.45) is 0 Å². The normalized spacial score (nSPS) is 13.7. The third-order valence-corrected chi connectivity index (χ3v) is 5.64. The van der Waals surface area contributed by atoms with Crippen LogP contribution in [-0.4, -0.2) is 46.2 Å². The Kier molecular flexibility index (Phi) is 4.67. The number of aromatic nitrogens is 3. The lowest BCUT2D eigenvalue weighted by molar-refractivity contribution is 0.0793. The van der Waals surface area contributed by atoms with E-state index < -0.39 is 0 Å². The first-order valence-corrected chi connectivity index (χ1v) is 10.1. The zero-order valence-electron chi connectivity index (χ0n) is 16.8. The Bertz CT molecular complexity index is 1210. The van der Waals surface area contributed by atoms with Crippen molar-refractivity contribution in [3.63, 3.8) is 0 Å². The molecule has 1 aliphatic heterocycles. The van der Waals surface area contributed by atoms with Gasteiger partial charge in [-0.25, -0.2) is 4.98 Å². The summed E-state index contributed by atoms with van der Waals surface area (Å²) >= 11 is 0. The Morgan fingerprint density at radius 1 is 1.03 bits per heavy atom. The van der Waals surface area contributed by atoms with E-state index >= 15 is 0 Å². The van der Waals surface area contributed by atoms with E-state index in [2.05, 4.69) is 21.2 Å². The molecule has 1 N–H and O–H groups in total. The van der Waals surface area contributed by atoms with Gasteiger partial charge in [0.15, 0.2) is 5.65 Å². The van der Waals surface area contributed by atoms with Gasteiger partial charge < -0.3 is 9.64 Å². The lowest BCUT2D eigenvalue weighted by Crippen LogP contribution is -2.27. The van der Waals surface area contributed by atoms with E-state index in [1.807, 2.05) is 59.6 Å². The first-order chi connectivity index (χ1) is 14.7. The van der Waals surface area contributed by atoms with Crippen molar-refractivity contribution < 1.29 is 9.53 Å². The van der Waals surface area contributed by atoms with Crippen LogP contribution in [0.4, 0.5) is 0 Å². The summed E-state index contributed by atoms with van der Waals surface area (Å²) < 4.78 is 5.50. The molecule has 0 saturated carbocycles. The number of carbonyl (C=O) groups is 1. The number of hydrogen-bond acceptors (Lipinski definition) is 4. The lowest BCUT2D eigenvalue weighted by Gasteiger charge is -2.15. The number of carbonyl (C=O) groups excluding carboxylic acids is 1. The van der Waals surface area contributed by atoms with Crippen LogP contribution in [0.15, 0.2) is 60.8 Å². The first-order valence-electron chi connectivity index (χ1n) is 10.1. The SMILES string of the molecule is COc1ccccc1-c1n[nH]c2ncc(-c3ccc(C(=O)N4CCCC4)cc3)cc12. The summed E-state index contributed by atoms with van der Waals surface area (Å²) in [7, 11) is 1.66. The van der Waals surface area contributed by atoms with Gasteiger partial charge in [-0.3, -0.25) is 9.89 Å². The standard InChI is InChI=1S/C24H22N4O2/c1-30-21-7-3-2-6-19(21)22-20-14-18(15-25-23(20)27-26-22)16-8-10-17(11-9-16)24(29)28-12-4-5-13-28/h2-3,6-11,14-15H,4-5,12-13H2,1H3,(H,25,26,27). The summed E-state index contributed by atoms with van der Waals surface area (Å²) in [5.74, 6) is 0.877. The molecule has 1 amide bonds. The van der Waals surface area contributed by atoms with Crippen LogP contribution in [0.1, 0.15) is 23.2 Å². The molecule has 0 radical (unpaired) electrons. The van der Waals surface area contributed by atoms with Crippen molar-refractivity contribution in [3.05, 3.63) is 66.4 Å². The second-order valence-corrected chi connectivity index (χ2v) is 7.47. The number of para-hydroxylation sites is 1. The number of H-pyrrole nitrogens is 1. The molecule has 0 atom stereocenters. The van der Waals surface area contributed by atoms with Gasteiger partial charge in [-0.15, -0.1) is 0 Å². The number of fused-ring (bicyclic) bond motifs is 1. The highest BCUT2D eigenvalue weighted by Crippen LogP contribution is 2.34. The smallest absolute Gasteiger partial charge is 0.253 e. The predicted molar refractivity (Wildman–Crippen MR) is 116 cm³/mol. The first kappa shape index (κ1) is 18.4. The van der Waals surface area contributed by atoms with Crippen LogP contribution in [0.3, 0.4) is 0 Å². The second kappa shape index (κ2) is 7.63. The third kappa shape index (κ3) is 3.20. The molecule has 0 spiro atoms. The number of nitrogens with zero attached hydrogens (tertiary/aromatic N) is 3. The average Bonchev–Trinajstić information content (AvgIpc) is 3.48. The summed E-state index contributed by atoms with van der Waals surface area (Å²) in [4.78, 5) is 19.1. The monoisotopic (exact) mass is 398 g/mol. The molecule has 6 nitrogen and oxygen atoms in total. The molecule has 1 aliphatic rings. The van der Waals surface area contributed by atoms with Crippen LogP contribution < -0.4 is 4.74 Å². The van der Waals surface area contributed by atoms with Crippen LogP contribution in [0.25, 0.3) is 33.4 Å². The zero-order valence-corrected chi connectivity index (χ0v) is 16.8. The van der Waals surface area contributed by atoms with Gasteiger partial charge in [0.2, 0.25) is 0 Å². The number of hydrogen-bond donors (Lipinski definition) is 1. The van der Waals surface area contributed by atoms with Gasteiger partial charge in [-0.05, 0) is 48.7 Å². The second-order valence-electron chi connectivity index (χ2n) is 7.47. The number of benzene rings is 2. The Hall–Kier alpha value is -3.67. The van der Waals surface area contributed by atoms with Crippen LogP contribution in [0.2, 0.25) is 0 Å². The maximum absolute atomic E-state index is 12.6. The molecule has 150 valence electrons. The number of amides is 1. The maximum Gasteiger partial charge on any atom is 0.253 e. The van der Waals surface area contributed by atoms with E-state index in [1.54, 1.807) is 7.11 Å². The Balaban J connectivity index is 1.50. The van der Waals surface area contributed by atoms with Crippen LogP contribution in [0, 0.1) is 0 Å². The summed E-state index contributed by atoms with van der Waals surface area (Å²) in [5, 5.41) is 8.40. The Morgan fingerprint density at radius 3 is 2.57 bits per heavy atom. The molecule has 1 saturated heterocycles. The topological polar surface area (TPSA) is 71.1 Å². The van der Waals surface area contributed by atoms with E-state index in [0.717, 1.165) is 70.7 Å². The fraction of sp³-hybridized carbons (Fsp3) is 0.208. The minimum atomic E-state index is 0.112. The number of nitrogens with one attached hydrogen (secondary N) is 1. The van der Waals surface area contributed by atoms with Crippen molar-refractivity contribution in [1.82, 2.24) is 20.1 Å². The number of ether oxygens (including phenoxy) is 1. The van der Waals surface area contributed by atoms with Crippen molar-refractivity contribution in [2.75, 3.05) is 20.2 Å². The molecule has 1 fully saturated rings. The van der Waals surface area contributed by atoms with Gasteiger partial charge in [-0.1, -0.05) is 24.3 Å².